The maximum absolute atomic E-state index is 12.7. The van der Waals surface area contributed by atoms with E-state index >= 15 is 0 Å². The average molecular weight is 370 g/mol. The van der Waals surface area contributed by atoms with Crippen LogP contribution < -0.4 is 4.74 Å². The first kappa shape index (κ1) is 18.2. The molecule has 6 heteroatoms. The topological polar surface area (TPSA) is 59.0 Å². The number of amidine groups is 1. The fourth-order valence-electron chi connectivity index (χ4n) is 3.07. The molecule has 0 fully saturated rings. The van der Waals surface area contributed by atoms with Crippen LogP contribution in [0.3, 0.4) is 0 Å². The van der Waals surface area contributed by atoms with Crippen LogP contribution in [0.1, 0.15) is 25.0 Å². The van der Waals surface area contributed by atoms with Crippen molar-refractivity contribution >= 4 is 20.8 Å². The minimum Gasteiger partial charge on any atom is -0.497 e. The van der Waals surface area contributed by atoms with Crippen LogP contribution in [0.4, 0.5) is 0 Å². The van der Waals surface area contributed by atoms with Gasteiger partial charge in [-0.25, -0.2) is 0 Å². The van der Waals surface area contributed by atoms with Gasteiger partial charge in [0, 0.05) is 18.7 Å². The zero-order valence-corrected chi connectivity index (χ0v) is 16.0. The number of hydrogen-bond donors (Lipinski definition) is 0. The van der Waals surface area contributed by atoms with E-state index in [1.165, 1.54) is 0 Å². The first-order valence-corrected chi connectivity index (χ1v) is 9.89. The van der Waals surface area contributed by atoms with Crippen molar-refractivity contribution in [2.24, 2.45) is 4.40 Å². The zero-order valence-electron chi connectivity index (χ0n) is 15.1. The summed E-state index contributed by atoms with van der Waals surface area (Å²) >= 11 is 0. The van der Waals surface area contributed by atoms with E-state index in [1.54, 1.807) is 31.4 Å². The van der Waals surface area contributed by atoms with Crippen molar-refractivity contribution in [1.29, 1.82) is 0 Å². The summed E-state index contributed by atoms with van der Waals surface area (Å²) in [6.07, 6.45) is 0. The number of benzene rings is 2. The molecule has 1 aliphatic heterocycles. The van der Waals surface area contributed by atoms with Gasteiger partial charge in [0.1, 0.15) is 16.5 Å². The highest BCUT2D eigenvalue weighted by molar-refractivity contribution is 8.00. The molecule has 0 atom stereocenters. The lowest BCUT2D eigenvalue weighted by Gasteiger charge is -2.23. The van der Waals surface area contributed by atoms with E-state index in [0.29, 0.717) is 35.8 Å². The van der Waals surface area contributed by atoms with Crippen LogP contribution in [-0.4, -0.2) is 32.8 Å². The lowest BCUT2D eigenvalue weighted by molar-refractivity contribution is 0.415. The molecule has 0 aromatic heterocycles. The van der Waals surface area contributed by atoms with Crippen LogP contribution in [0.15, 0.2) is 64.6 Å². The van der Waals surface area contributed by atoms with Crippen molar-refractivity contribution in [2.45, 2.75) is 20.4 Å². The Morgan fingerprint density at radius 3 is 2.27 bits per heavy atom. The molecule has 0 bridgehead atoms. The Kier molecular flexibility index (Phi) is 5.13. The molecule has 0 N–H and O–H groups in total. The van der Waals surface area contributed by atoms with E-state index in [0.717, 1.165) is 5.56 Å². The molecular formula is C20H22N2O3S. The summed E-state index contributed by atoms with van der Waals surface area (Å²) in [4.78, 5) is 2.25. The van der Waals surface area contributed by atoms with Crippen molar-refractivity contribution in [3.05, 3.63) is 71.3 Å². The Morgan fingerprint density at radius 1 is 1.04 bits per heavy atom. The molecular weight excluding hydrogens is 348 g/mol. The molecule has 3 rings (SSSR count). The molecule has 0 radical (unpaired) electrons. The van der Waals surface area contributed by atoms with Crippen LogP contribution in [0.2, 0.25) is 0 Å². The molecule has 136 valence electrons. The maximum atomic E-state index is 12.7. The second kappa shape index (κ2) is 7.33. The van der Waals surface area contributed by atoms with Gasteiger partial charge in [-0.05, 0) is 49.2 Å². The third-order valence-corrected chi connectivity index (χ3v) is 5.86. The van der Waals surface area contributed by atoms with E-state index in [1.807, 2.05) is 49.1 Å². The fraction of sp³-hybridized carbons (Fsp3) is 0.250. The second-order valence-electron chi connectivity index (χ2n) is 6.07. The van der Waals surface area contributed by atoms with E-state index < -0.39 is 10.0 Å². The third kappa shape index (κ3) is 3.51. The maximum Gasteiger partial charge on any atom is 0.285 e. The van der Waals surface area contributed by atoms with Gasteiger partial charge in [-0.1, -0.05) is 30.3 Å². The number of likely N-dealkylation sites (N-methyl/N-ethyl adjacent to an activating group) is 1. The Labute approximate surface area is 154 Å². The van der Waals surface area contributed by atoms with Gasteiger partial charge in [0.2, 0.25) is 0 Å². The number of sulfonamides is 1. The first-order valence-electron chi connectivity index (χ1n) is 8.45. The number of rotatable bonds is 5. The largest absolute Gasteiger partial charge is 0.497 e. The van der Waals surface area contributed by atoms with E-state index in [-0.39, 0.29) is 4.91 Å². The Morgan fingerprint density at radius 2 is 1.69 bits per heavy atom. The highest BCUT2D eigenvalue weighted by Gasteiger charge is 2.33. The Hall–Kier alpha value is -2.60. The highest BCUT2D eigenvalue weighted by Crippen LogP contribution is 2.34. The van der Waals surface area contributed by atoms with Crippen molar-refractivity contribution in [2.75, 3.05) is 13.7 Å². The van der Waals surface area contributed by atoms with Gasteiger partial charge < -0.3 is 9.64 Å². The van der Waals surface area contributed by atoms with Gasteiger partial charge in [-0.15, -0.1) is 4.40 Å². The van der Waals surface area contributed by atoms with E-state index in [2.05, 4.69) is 4.40 Å². The van der Waals surface area contributed by atoms with E-state index in [4.69, 9.17) is 4.74 Å². The van der Waals surface area contributed by atoms with Gasteiger partial charge in [-0.2, -0.15) is 8.42 Å². The molecule has 26 heavy (non-hydrogen) atoms. The van der Waals surface area contributed by atoms with Gasteiger partial charge in [-0.3, -0.25) is 0 Å². The minimum atomic E-state index is -3.72. The number of methoxy groups -OCH3 is 1. The lowest BCUT2D eigenvalue weighted by Crippen LogP contribution is -2.30. The molecule has 0 saturated heterocycles. The van der Waals surface area contributed by atoms with E-state index in [9.17, 15) is 8.42 Å². The van der Waals surface area contributed by atoms with Gasteiger partial charge in [0.05, 0.1) is 7.11 Å². The number of ether oxygens (including phenoxy) is 1. The summed E-state index contributed by atoms with van der Waals surface area (Å²) < 4.78 is 34.6. The van der Waals surface area contributed by atoms with Crippen molar-refractivity contribution in [1.82, 2.24) is 4.90 Å². The molecule has 0 spiro atoms. The molecule has 2 aromatic carbocycles. The van der Waals surface area contributed by atoms with Crippen LogP contribution in [0, 0.1) is 0 Å². The summed E-state index contributed by atoms with van der Waals surface area (Å²) in [5, 5.41) is 0. The molecule has 0 unspecified atom stereocenters. The van der Waals surface area contributed by atoms with Crippen LogP contribution in [0.5, 0.6) is 5.75 Å². The smallest absolute Gasteiger partial charge is 0.285 e. The standard InChI is InChI=1S/C20H22N2O3S/c1-4-22(14-16-8-6-5-7-9-16)20-15(2)19(26(23,24)21-20)17-10-12-18(25-3)13-11-17/h5-13H,4,14H2,1-3H3. The molecule has 0 saturated carbocycles. The number of nitrogens with zero attached hydrogens (tertiary/aromatic N) is 2. The summed E-state index contributed by atoms with van der Waals surface area (Å²) in [7, 11) is -2.14. The first-order chi connectivity index (χ1) is 12.5. The van der Waals surface area contributed by atoms with Crippen LogP contribution in [-0.2, 0) is 16.6 Å². The van der Waals surface area contributed by atoms with Crippen molar-refractivity contribution < 1.29 is 13.2 Å². The molecule has 1 aliphatic rings. The highest BCUT2D eigenvalue weighted by atomic mass is 32.2. The monoisotopic (exact) mass is 370 g/mol. The van der Waals surface area contributed by atoms with Crippen LogP contribution in [0.25, 0.3) is 4.91 Å². The fourth-order valence-corrected chi connectivity index (χ4v) is 4.55. The SMILES string of the molecule is CCN(Cc1ccccc1)C1=NS(=O)(=O)C(c2ccc(OC)cc2)=C1C. The molecule has 0 amide bonds. The summed E-state index contributed by atoms with van der Waals surface area (Å²) in [6.45, 7) is 5.09. The van der Waals surface area contributed by atoms with Crippen LogP contribution >= 0.6 is 0 Å². The van der Waals surface area contributed by atoms with Gasteiger partial charge >= 0.3 is 0 Å². The number of hydrogen-bond acceptors (Lipinski definition) is 4. The van der Waals surface area contributed by atoms with Gasteiger partial charge in [0.15, 0.2) is 0 Å². The zero-order chi connectivity index (χ0) is 18.7. The summed E-state index contributed by atoms with van der Waals surface area (Å²) in [5.74, 6) is 1.20. The lowest BCUT2D eigenvalue weighted by atomic mass is 10.1. The Bertz CT molecular complexity index is 946. The second-order valence-corrected chi connectivity index (χ2v) is 7.61. The normalized spacial score (nSPS) is 15.7. The quantitative estimate of drug-likeness (QED) is 0.805. The van der Waals surface area contributed by atoms with Crippen molar-refractivity contribution in [3.63, 3.8) is 0 Å². The predicted molar refractivity (Wildman–Crippen MR) is 104 cm³/mol. The summed E-state index contributed by atoms with van der Waals surface area (Å²) in [5.41, 5.74) is 2.41. The predicted octanol–water partition coefficient (Wildman–Crippen LogP) is 3.69. The third-order valence-electron chi connectivity index (χ3n) is 4.39. The molecule has 5 nitrogen and oxygen atoms in total. The molecule has 0 aliphatic carbocycles. The van der Waals surface area contributed by atoms with Gasteiger partial charge in [0.25, 0.3) is 10.0 Å². The molecule has 1 heterocycles. The van der Waals surface area contributed by atoms with Crippen molar-refractivity contribution in [3.8, 4) is 5.75 Å². The molecule has 2 aromatic rings. The Balaban J connectivity index is 1.98. The average Bonchev–Trinajstić information content (AvgIpc) is 2.89. The minimum absolute atomic E-state index is 0.265. The summed E-state index contributed by atoms with van der Waals surface area (Å²) in [6, 6.07) is 17.0.